The number of anilines is 1. The van der Waals surface area contributed by atoms with Gasteiger partial charge in [0.1, 0.15) is 0 Å². The number of benzene rings is 1. The van der Waals surface area contributed by atoms with E-state index in [4.69, 9.17) is 0 Å². The maximum atomic E-state index is 12.6. The average molecular weight is 401 g/mol. The van der Waals surface area contributed by atoms with Crippen LogP contribution >= 0.6 is 31.9 Å². The van der Waals surface area contributed by atoms with E-state index >= 15 is 0 Å². The van der Waals surface area contributed by atoms with Crippen molar-refractivity contribution in [2.45, 2.75) is 24.3 Å². The molecule has 1 aromatic rings. The van der Waals surface area contributed by atoms with E-state index in [0.717, 1.165) is 15.7 Å². The van der Waals surface area contributed by atoms with E-state index in [2.05, 4.69) is 31.9 Å². The van der Waals surface area contributed by atoms with E-state index in [1.54, 1.807) is 0 Å². The lowest BCUT2D eigenvalue weighted by Crippen LogP contribution is -2.39. The number of nitrogens with zero attached hydrogens (tertiary/aromatic N) is 1. The third-order valence-electron chi connectivity index (χ3n) is 3.49. The molecule has 106 valence electrons. The predicted molar refractivity (Wildman–Crippen MR) is 77.8 cm³/mol. The van der Waals surface area contributed by atoms with Crippen LogP contribution in [-0.4, -0.2) is 19.3 Å². The molecule has 1 aliphatic rings. The molecule has 1 saturated heterocycles. The molecular formula is C13H14Br2F3N. The van der Waals surface area contributed by atoms with Crippen molar-refractivity contribution in [3.05, 3.63) is 28.2 Å². The van der Waals surface area contributed by atoms with Crippen molar-refractivity contribution in [1.82, 2.24) is 0 Å². The smallest absolute Gasteiger partial charge is 0.371 e. The van der Waals surface area contributed by atoms with Crippen LogP contribution < -0.4 is 4.90 Å². The molecule has 1 fully saturated rings. The lowest BCUT2D eigenvalue weighted by molar-refractivity contribution is -0.179. The van der Waals surface area contributed by atoms with E-state index in [1.165, 1.54) is 0 Å². The van der Waals surface area contributed by atoms with Gasteiger partial charge in [-0.05, 0) is 30.5 Å². The highest BCUT2D eigenvalue weighted by Gasteiger charge is 2.41. The van der Waals surface area contributed by atoms with Gasteiger partial charge in [-0.25, -0.2) is 0 Å². The van der Waals surface area contributed by atoms with Crippen LogP contribution in [0.2, 0.25) is 0 Å². The average Bonchev–Trinajstić information content (AvgIpc) is 2.38. The van der Waals surface area contributed by atoms with Crippen LogP contribution in [0.5, 0.6) is 0 Å². The van der Waals surface area contributed by atoms with Crippen molar-refractivity contribution >= 4 is 37.5 Å². The summed E-state index contributed by atoms with van der Waals surface area (Å²) in [6, 6.07) is 5.91. The minimum Gasteiger partial charge on any atom is -0.371 e. The van der Waals surface area contributed by atoms with Gasteiger partial charge in [-0.15, -0.1) is 0 Å². The molecule has 19 heavy (non-hydrogen) atoms. The van der Waals surface area contributed by atoms with Crippen molar-refractivity contribution in [2.75, 3.05) is 18.0 Å². The van der Waals surface area contributed by atoms with E-state index < -0.39 is 12.1 Å². The molecule has 0 unspecified atom stereocenters. The minimum atomic E-state index is -4.05. The maximum Gasteiger partial charge on any atom is 0.391 e. The molecular weight excluding hydrogens is 387 g/mol. The maximum absolute atomic E-state index is 12.6. The molecule has 0 radical (unpaired) electrons. The summed E-state index contributed by atoms with van der Waals surface area (Å²) in [5, 5.41) is 0.703. The van der Waals surface area contributed by atoms with Crippen LogP contribution in [0.25, 0.3) is 0 Å². The van der Waals surface area contributed by atoms with Crippen molar-refractivity contribution in [3.8, 4) is 0 Å². The molecule has 0 atom stereocenters. The Labute approximate surface area is 127 Å². The van der Waals surface area contributed by atoms with Gasteiger partial charge in [0, 0.05) is 28.6 Å². The third kappa shape index (κ3) is 3.66. The SMILES string of the molecule is FC(F)(F)C1CCN(c2cc(Br)ccc2CBr)CC1. The quantitative estimate of drug-likeness (QED) is 0.622. The topological polar surface area (TPSA) is 3.24 Å². The first-order chi connectivity index (χ1) is 8.91. The first kappa shape index (κ1) is 15.2. The molecule has 1 aliphatic heterocycles. The third-order valence-corrected chi connectivity index (χ3v) is 4.59. The zero-order valence-electron chi connectivity index (χ0n) is 10.2. The molecule has 1 nitrogen and oxygen atoms in total. The number of hydrogen-bond acceptors (Lipinski definition) is 1. The Kier molecular flexibility index (Phi) is 4.82. The first-order valence-electron chi connectivity index (χ1n) is 6.08. The summed E-state index contributed by atoms with van der Waals surface area (Å²) in [6.45, 7) is 0.918. The molecule has 0 amide bonds. The van der Waals surface area contributed by atoms with Gasteiger partial charge in [0.05, 0.1) is 5.92 Å². The number of alkyl halides is 4. The van der Waals surface area contributed by atoms with Crippen LogP contribution in [-0.2, 0) is 5.33 Å². The summed E-state index contributed by atoms with van der Waals surface area (Å²) in [4.78, 5) is 2.05. The van der Waals surface area contributed by atoms with Gasteiger partial charge in [0.15, 0.2) is 0 Å². The Morgan fingerprint density at radius 3 is 2.37 bits per heavy atom. The van der Waals surface area contributed by atoms with Crippen LogP contribution in [0.4, 0.5) is 18.9 Å². The number of halogens is 5. The molecule has 1 heterocycles. The van der Waals surface area contributed by atoms with Crippen LogP contribution in [0.15, 0.2) is 22.7 Å². The summed E-state index contributed by atoms with van der Waals surface area (Å²) in [7, 11) is 0. The zero-order valence-corrected chi connectivity index (χ0v) is 13.4. The van der Waals surface area contributed by atoms with Crippen molar-refractivity contribution in [1.29, 1.82) is 0 Å². The molecule has 0 N–H and O–H groups in total. The van der Waals surface area contributed by atoms with E-state index in [9.17, 15) is 13.2 Å². The summed E-state index contributed by atoms with van der Waals surface area (Å²) in [5.74, 6) is -1.15. The fourth-order valence-electron chi connectivity index (χ4n) is 2.39. The molecule has 2 rings (SSSR count). The van der Waals surface area contributed by atoms with Gasteiger partial charge in [-0.3, -0.25) is 0 Å². The molecule has 1 aromatic carbocycles. The summed E-state index contributed by atoms with van der Waals surface area (Å²) < 4.78 is 38.9. The Morgan fingerprint density at radius 2 is 1.84 bits per heavy atom. The standard InChI is InChI=1S/C13H14Br2F3N/c14-8-9-1-2-11(15)7-12(9)19-5-3-10(4-6-19)13(16,17)18/h1-2,7,10H,3-6,8H2. The second kappa shape index (κ2) is 6.04. The molecule has 0 aliphatic carbocycles. The fourth-order valence-corrected chi connectivity index (χ4v) is 3.22. The second-order valence-electron chi connectivity index (χ2n) is 4.71. The number of hydrogen-bond donors (Lipinski definition) is 0. The summed E-state index contributed by atoms with van der Waals surface area (Å²) in [6.07, 6.45) is -3.70. The van der Waals surface area contributed by atoms with E-state index in [0.29, 0.717) is 18.4 Å². The van der Waals surface area contributed by atoms with Crippen molar-refractivity contribution < 1.29 is 13.2 Å². The Bertz CT molecular complexity index is 440. The highest BCUT2D eigenvalue weighted by atomic mass is 79.9. The molecule has 0 saturated carbocycles. The zero-order chi connectivity index (χ0) is 14.0. The van der Waals surface area contributed by atoms with Gasteiger partial charge in [-0.1, -0.05) is 37.9 Å². The number of rotatable bonds is 2. The molecule has 6 heteroatoms. The molecule has 0 aromatic heterocycles. The van der Waals surface area contributed by atoms with Crippen molar-refractivity contribution in [2.24, 2.45) is 5.92 Å². The van der Waals surface area contributed by atoms with Gasteiger partial charge >= 0.3 is 6.18 Å². The Balaban J connectivity index is 2.11. The lowest BCUT2D eigenvalue weighted by Gasteiger charge is -2.35. The first-order valence-corrected chi connectivity index (χ1v) is 7.99. The molecule has 0 spiro atoms. The minimum absolute atomic E-state index is 0.178. The highest BCUT2D eigenvalue weighted by Crippen LogP contribution is 2.36. The summed E-state index contributed by atoms with van der Waals surface area (Å²) in [5.41, 5.74) is 2.13. The fraction of sp³-hybridized carbons (Fsp3) is 0.538. The van der Waals surface area contributed by atoms with E-state index in [-0.39, 0.29) is 12.8 Å². The largest absolute Gasteiger partial charge is 0.391 e. The van der Waals surface area contributed by atoms with Gasteiger partial charge in [0.25, 0.3) is 0 Å². The Morgan fingerprint density at radius 1 is 1.21 bits per heavy atom. The number of piperidine rings is 1. The van der Waals surface area contributed by atoms with Crippen LogP contribution in [0.1, 0.15) is 18.4 Å². The van der Waals surface area contributed by atoms with Gasteiger partial charge in [0.2, 0.25) is 0 Å². The predicted octanol–water partition coefficient (Wildman–Crippen LogP) is 5.12. The van der Waals surface area contributed by atoms with Gasteiger partial charge in [-0.2, -0.15) is 13.2 Å². The normalized spacial score (nSPS) is 17.8. The van der Waals surface area contributed by atoms with E-state index in [1.807, 2.05) is 23.1 Å². The van der Waals surface area contributed by atoms with Crippen molar-refractivity contribution in [3.63, 3.8) is 0 Å². The van der Waals surface area contributed by atoms with Gasteiger partial charge < -0.3 is 4.90 Å². The molecule has 0 bridgehead atoms. The highest BCUT2D eigenvalue weighted by molar-refractivity contribution is 9.10. The summed E-state index contributed by atoms with van der Waals surface area (Å²) >= 11 is 6.83. The van der Waals surface area contributed by atoms with Crippen LogP contribution in [0, 0.1) is 5.92 Å². The Hall–Kier alpha value is -0.230. The second-order valence-corrected chi connectivity index (χ2v) is 6.19. The lowest BCUT2D eigenvalue weighted by atomic mass is 9.95. The monoisotopic (exact) mass is 399 g/mol. The van der Waals surface area contributed by atoms with Crippen LogP contribution in [0.3, 0.4) is 0 Å².